The van der Waals surface area contributed by atoms with Crippen LogP contribution >= 0.6 is 12.4 Å². The standard InChI is InChI=1S/C19H30N4O2.ClH/c1-14(2)21-18(25)23-16-8-6-15(7-9-16)22-17(24)12-19(13-20)10-4-3-5-11-19;/h6-9,14H,3-5,10-13,20H2,1-2H3,(H,22,24)(H2,21,23,25);1H. The van der Waals surface area contributed by atoms with Crippen LogP contribution in [0.2, 0.25) is 0 Å². The normalized spacial score (nSPS) is 15.7. The third-order valence-corrected chi connectivity index (χ3v) is 4.73. The number of carbonyl (C=O) groups excluding carboxylic acids is 2. The molecule has 0 heterocycles. The predicted octanol–water partition coefficient (Wildman–Crippen LogP) is 3.88. The molecular formula is C19H31ClN4O2. The number of urea groups is 1. The van der Waals surface area contributed by atoms with E-state index in [2.05, 4.69) is 16.0 Å². The van der Waals surface area contributed by atoms with E-state index < -0.39 is 0 Å². The van der Waals surface area contributed by atoms with Crippen LogP contribution in [0.1, 0.15) is 52.4 Å². The molecule has 3 amide bonds. The maximum absolute atomic E-state index is 12.4. The van der Waals surface area contributed by atoms with E-state index in [1.54, 1.807) is 24.3 Å². The fourth-order valence-corrected chi connectivity index (χ4v) is 3.37. The van der Waals surface area contributed by atoms with Crippen molar-refractivity contribution in [3.63, 3.8) is 0 Å². The Kier molecular flexibility index (Phi) is 8.88. The number of nitrogens with one attached hydrogen (secondary N) is 3. The molecule has 0 saturated heterocycles. The van der Waals surface area contributed by atoms with Crippen molar-refractivity contribution in [1.29, 1.82) is 0 Å². The van der Waals surface area contributed by atoms with Crippen molar-refractivity contribution in [2.75, 3.05) is 17.2 Å². The van der Waals surface area contributed by atoms with Gasteiger partial charge >= 0.3 is 6.03 Å². The van der Waals surface area contributed by atoms with Gasteiger partial charge in [0.15, 0.2) is 0 Å². The number of benzene rings is 1. The first-order valence-corrected chi connectivity index (χ1v) is 9.10. The first-order chi connectivity index (χ1) is 11.9. The van der Waals surface area contributed by atoms with E-state index in [9.17, 15) is 9.59 Å². The number of halogens is 1. The topological polar surface area (TPSA) is 96.2 Å². The molecule has 7 heteroatoms. The van der Waals surface area contributed by atoms with Crippen molar-refractivity contribution in [2.45, 2.75) is 58.4 Å². The Morgan fingerprint density at radius 2 is 1.58 bits per heavy atom. The number of nitrogens with two attached hydrogens (primary N) is 1. The fourth-order valence-electron chi connectivity index (χ4n) is 3.37. The highest BCUT2D eigenvalue weighted by atomic mass is 35.5. The molecule has 5 N–H and O–H groups in total. The van der Waals surface area contributed by atoms with Gasteiger partial charge in [0, 0.05) is 23.8 Å². The van der Waals surface area contributed by atoms with Crippen molar-refractivity contribution in [1.82, 2.24) is 5.32 Å². The zero-order valence-corrected chi connectivity index (χ0v) is 16.5. The summed E-state index contributed by atoms with van der Waals surface area (Å²) in [6, 6.07) is 6.96. The molecule has 0 atom stereocenters. The van der Waals surface area contributed by atoms with E-state index in [4.69, 9.17) is 5.73 Å². The van der Waals surface area contributed by atoms with Crippen molar-refractivity contribution >= 4 is 35.7 Å². The van der Waals surface area contributed by atoms with Crippen LogP contribution in [0, 0.1) is 5.41 Å². The van der Waals surface area contributed by atoms with Crippen molar-refractivity contribution in [3.05, 3.63) is 24.3 Å². The maximum atomic E-state index is 12.4. The largest absolute Gasteiger partial charge is 0.336 e. The Bertz CT molecular complexity index is 584. The molecule has 146 valence electrons. The lowest BCUT2D eigenvalue weighted by atomic mass is 9.71. The lowest BCUT2D eigenvalue weighted by Gasteiger charge is -2.35. The second-order valence-corrected chi connectivity index (χ2v) is 7.32. The molecule has 2 rings (SSSR count). The minimum Gasteiger partial charge on any atom is -0.336 e. The van der Waals surface area contributed by atoms with E-state index in [0.29, 0.717) is 18.7 Å². The van der Waals surface area contributed by atoms with Crippen LogP contribution in [0.5, 0.6) is 0 Å². The summed E-state index contributed by atoms with van der Waals surface area (Å²) in [5.74, 6) is 0.00519. The summed E-state index contributed by atoms with van der Waals surface area (Å²) < 4.78 is 0. The molecule has 0 bridgehead atoms. The summed E-state index contributed by atoms with van der Waals surface area (Å²) in [6.45, 7) is 4.37. The zero-order valence-electron chi connectivity index (χ0n) is 15.6. The van der Waals surface area contributed by atoms with Gasteiger partial charge in [-0.05, 0) is 62.9 Å². The smallest absolute Gasteiger partial charge is 0.319 e. The molecule has 1 fully saturated rings. The molecule has 0 aliphatic heterocycles. The highest BCUT2D eigenvalue weighted by Gasteiger charge is 2.32. The Morgan fingerprint density at radius 1 is 1.04 bits per heavy atom. The highest BCUT2D eigenvalue weighted by Crippen LogP contribution is 2.38. The predicted molar refractivity (Wildman–Crippen MR) is 109 cm³/mol. The number of anilines is 2. The van der Waals surface area contributed by atoms with Crippen molar-refractivity contribution in [2.24, 2.45) is 11.1 Å². The summed E-state index contributed by atoms with van der Waals surface area (Å²) in [5, 5.41) is 8.46. The molecule has 1 aliphatic rings. The summed E-state index contributed by atoms with van der Waals surface area (Å²) in [5.41, 5.74) is 7.32. The van der Waals surface area contributed by atoms with Crippen LogP contribution in [-0.4, -0.2) is 24.5 Å². The molecule has 0 unspecified atom stereocenters. The molecule has 0 aromatic heterocycles. The van der Waals surface area contributed by atoms with Crippen LogP contribution in [0.25, 0.3) is 0 Å². The first-order valence-electron chi connectivity index (χ1n) is 9.10. The van der Waals surface area contributed by atoms with Gasteiger partial charge in [-0.2, -0.15) is 0 Å². The second-order valence-electron chi connectivity index (χ2n) is 7.32. The highest BCUT2D eigenvalue weighted by molar-refractivity contribution is 5.92. The van der Waals surface area contributed by atoms with E-state index in [-0.39, 0.29) is 35.8 Å². The fraction of sp³-hybridized carbons (Fsp3) is 0.579. The minimum absolute atomic E-state index is 0. The van der Waals surface area contributed by atoms with Crippen LogP contribution in [0.15, 0.2) is 24.3 Å². The van der Waals surface area contributed by atoms with Crippen LogP contribution in [0.3, 0.4) is 0 Å². The number of hydrogen-bond donors (Lipinski definition) is 4. The number of hydrogen-bond acceptors (Lipinski definition) is 3. The third kappa shape index (κ3) is 6.84. The lowest BCUT2D eigenvalue weighted by molar-refractivity contribution is -0.118. The first kappa shape index (κ1) is 22.3. The van der Waals surface area contributed by atoms with Gasteiger partial charge in [-0.1, -0.05) is 19.3 Å². The minimum atomic E-state index is -0.242. The van der Waals surface area contributed by atoms with E-state index in [1.807, 2.05) is 13.8 Å². The molecule has 0 spiro atoms. The van der Waals surface area contributed by atoms with Crippen LogP contribution < -0.4 is 21.7 Å². The van der Waals surface area contributed by atoms with Gasteiger partial charge in [-0.3, -0.25) is 4.79 Å². The van der Waals surface area contributed by atoms with Gasteiger partial charge in [-0.25, -0.2) is 4.79 Å². The molecule has 1 aliphatic carbocycles. The van der Waals surface area contributed by atoms with Gasteiger partial charge in [0.05, 0.1) is 0 Å². The Labute approximate surface area is 162 Å². The van der Waals surface area contributed by atoms with Crippen molar-refractivity contribution in [3.8, 4) is 0 Å². The molecule has 26 heavy (non-hydrogen) atoms. The third-order valence-electron chi connectivity index (χ3n) is 4.73. The lowest BCUT2D eigenvalue weighted by Crippen LogP contribution is -2.36. The molecule has 1 saturated carbocycles. The van der Waals surface area contributed by atoms with E-state index in [0.717, 1.165) is 31.4 Å². The summed E-state index contributed by atoms with van der Waals surface area (Å²) in [7, 11) is 0. The molecule has 6 nitrogen and oxygen atoms in total. The Hall–Kier alpha value is -1.79. The monoisotopic (exact) mass is 382 g/mol. The van der Waals surface area contributed by atoms with E-state index in [1.165, 1.54) is 6.42 Å². The maximum Gasteiger partial charge on any atom is 0.319 e. The number of rotatable bonds is 6. The number of amides is 3. The van der Waals surface area contributed by atoms with E-state index >= 15 is 0 Å². The summed E-state index contributed by atoms with van der Waals surface area (Å²) >= 11 is 0. The molecular weight excluding hydrogens is 352 g/mol. The Morgan fingerprint density at radius 3 is 2.08 bits per heavy atom. The van der Waals surface area contributed by atoms with Gasteiger partial charge < -0.3 is 21.7 Å². The van der Waals surface area contributed by atoms with Crippen LogP contribution in [0.4, 0.5) is 16.2 Å². The summed E-state index contributed by atoms with van der Waals surface area (Å²) in [4.78, 5) is 24.1. The molecule has 1 aromatic rings. The van der Waals surface area contributed by atoms with Gasteiger partial charge in [-0.15, -0.1) is 12.4 Å². The van der Waals surface area contributed by atoms with Crippen LogP contribution in [-0.2, 0) is 4.79 Å². The van der Waals surface area contributed by atoms with Gasteiger partial charge in [0.1, 0.15) is 0 Å². The SMILES string of the molecule is CC(C)NC(=O)Nc1ccc(NC(=O)CC2(CN)CCCCC2)cc1.Cl. The quantitative estimate of drug-likeness (QED) is 0.601. The molecule has 0 radical (unpaired) electrons. The van der Waals surface area contributed by atoms with Crippen molar-refractivity contribution < 1.29 is 9.59 Å². The van der Waals surface area contributed by atoms with Gasteiger partial charge in [0.25, 0.3) is 0 Å². The molecule has 1 aromatic carbocycles. The average molecular weight is 383 g/mol. The zero-order chi connectivity index (χ0) is 18.3. The average Bonchev–Trinajstić information content (AvgIpc) is 2.56. The van der Waals surface area contributed by atoms with Gasteiger partial charge in [0.2, 0.25) is 5.91 Å². The summed E-state index contributed by atoms with van der Waals surface area (Å²) in [6.07, 6.45) is 6.09. The number of carbonyl (C=O) groups is 2. The Balaban J connectivity index is 0.00000338. The second kappa shape index (κ2) is 10.4.